The topological polar surface area (TPSA) is 95.9 Å². The van der Waals surface area contributed by atoms with Crippen LogP contribution < -0.4 is 14.4 Å². The molecule has 2 N–H and O–H groups in total. The Balaban J connectivity index is 1.44. The van der Waals surface area contributed by atoms with Crippen LogP contribution in [0.4, 0.5) is 5.69 Å². The zero-order valence-electron chi connectivity index (χ0n) is 23.7. The number of aryl methyl sites for hydroxylation is 1. The standard InChI is InChI=1S/C32H39ClN2O5S/c1-21-5-3-7-28(36)26-12-14-31(26,2)18-35-19-32(13-4-6-22-15-24(33)9-10-25(22)32)20-40-29-11-8-23(16-27(29)35)30(37)34-41(38,39)17-21/h3,5,8-11,15-16,21,26,28,36H,4,6-7,12-14,17-20H2,1-2H3,(H,34,37)/b5-3-/t21-,26+,28?,31?,32+/m1/s1. The predicted molar refractivity (Wildman–Crippen MR) is 161 cm³/mol. The van der Waals surface area contributed by atoms with Gasteiger partial charge in [-0.05, 0) is 97.2 Å². The number of nitrogens with one attached hydrogen (secondary N) is 1. The molecular formula is C32H39ClN2O5S. The van der Waals surface area contributed by atoms with Gasteiger partial charge in [-0.1, -0.05) is 43.7 Å². The maximum atomic E-state index is 13.2. The molecule has 2 aromatic rings. The Morgan fingerprint density at radius 1 is 1.15 bits per heavy atom. The number of aliphatic hydroxyl groups excluding tert-OH is 1. The maximum Gasteiger partial charge on any atom is 0.264 e. The highest BCUT2D eigenvalue weighted by atomic mass is 35.5. The van der Waals surface area contributed by atoms with E-state index in [0.717, 1.165) is 42.8 Å². The number of nitrogens with zero attached hydrogens (tertiary/aromatic N) is 1. The van der Waals surface area contributed by atoms with E-state index in [0.29, 0.717) is 31.9 Å². The quantitative estimate of drug-likeness (QED) is 0.402. The van der Waals surface area contributed by atoms with Gasteiger partial charge < -0.3 is 14.7 Å². The minimum atomic E-state index is -3.86. The molecule has 0 aromatic heterocycles. The Bertz CT molecular complexity index is 1490. The number of hydrogen-bond acceptors (Lipinski definition) is 6. The first-order valence-corrected chi connectivity index (χ1v) is 16.7. The summed E-state index contributed by atoms with van der Waals surface area (Å²) < 4.78 is 34.4. The molecule has 9 heteroatoms. The van der Waals surface area contributed by atoms with E-state index in [1.807, 2.05) is 18.2 Å². The SMILES string of the molecule is C[C@@H]1/C=C\CC(O)[C@@H]2CCC2(C)CN2C[C@@]3(CCCc4cc(Cl)ccc43)COc3ccc(cc32)C(=O)NS(=O)(=O)C1. The zero-order chi connectivity index (χ0) is 29.0. The third-order valence-corrected chi connectivity index (χ3v) is 11.5. The first-order chi connectivity index (χ1) is 19.5. The van der Waals surface area contributed by atoms with Crippen LogP contribution in [0.2, 0.25) is 5.02 Å². The number of rotatable bonds is 0. The van der Waals surface area contributed by atoms with Gasteiger partial charge in [-0.15, -0.1) is 0 Å². The molecule has 1 fully saturated rings. The number of amides is 1. The number of halogens is 1. The summed E-state index contributed by atoms with van der Waals surface area (Å²) in [6.45, 7) is 5.94. The van der Waals surface area contributed by atoms with Crippen LogP contribution in [-0.2, 0) is 21.9 Å². The molecule has 220 valence electrons. The number of carbonyl (C=O) groups excluding carboxylic acids is 1. The van der Waals surface area contributed by atoms with E-state index in [2.05, 4.69) is 28.7 Å². The Labute approximate surface area is 248 Å². The molecule has 7 nitrogen and oxygen atoms in total. The molecule has 0 radical (unpaired) electrons. The predicted octanol–water partition coefficient (Wildman–Crippen LogP) is 5.25. The minimum Gasteiger partial charge on any atom is -0.490 e. The van der Waals surface area contributed by atoms with E-state index in [9.17, 15) is 18.3 Å². The van der Waals surface area contributed by atoms with Crippen molar-refractivity contribution in [1.29, 1.82) is 0 Å². The van der Waals surface area contributed by atoms with Gasteiger partial charge in [0.2, 0.25) is 10.0 Å². The Hall–Kier alpha value is -2.55. The van der Waals surface area contributed by atoms with Crippen molar-refractivity contribution in [3.63, 3.8) is 0 Å². The average Bonchev–Trinajstić information content (AvgIpc) is 3.04. The highest BCUT2D eigenvalue weighted by molar-refractivity contribution is 7.90. The van der Waals surface area contributed by atoms with Crippen molar-refractivity contribution in [3.05, 3.63) is 70.3 Å². The largest absolute Gasteiger partial charge is 0.490 e. The molecule has 6 rings (SSSR count). The molecule has 1 spiro atoms. The van der Waals surface area contributed by atoms with E-state index in [1.165, 1.54) is 11.1 Å². The van der Waals surface area contributed by atoms with E-state index < -0.39 is 22.0 Å². The number of sulfonamides is 1. The van der Waals surface area contributed by atoms with Gasteiger partial charge in [0.1, 0.15) is 5.75 Å². The molecule has 2 heterocycles. The second kappa shape index (κ2) is 10.6. The van der Waals surface area contributed by atoms with Gasteiger partial charge >= 0.3 is 0 Å². The third kappa shape index (κ3) is 5.51. The van der Waals surface area contributed by atoms with Crippen molar-refractivity contribution in [1.82, 2.24) is 4.72 Å². The van der Waals surface area contributed by atoms with Crippen LogP contribution in [0.15, 0.2) is 48.6 Å². The normalized spacial score (nSPS) is 33.8. The van der Waals surface area contributed by atoms with Gasteiger partial charge in [0, 0.05) is 29.1 Å². The lowest BCUT2D eigenvalue weighted by atomic mass is 9.58. The summed E-state index contributed by atoms with van der Waals surface area (Å²) >= 11 is 6.39. The van der Waals surface area contributed by atoms with Crippen molar-refractivity contribution in [3.8, 4) is 5.75 Å². The fourth-order valence-electron chi connectivity index (χ4n) is 7.58. The summed E-state index contributed by atoms with van der Waals surface area (Å²) in [5.74, 6) is -0.352. The lowest BCUT2D eigenvalue weighted by molar-refractivity contribution is -0.0445. The fourth-order valence-corrected chi connectivity index (χ4v) is 9.07. The number of hydrogen-bond donors (Lipinski definition) is 2. The summed E-state index contributed by atoms with van der Waals surface area (Å²) in [5.41, 5.74) is 3.18. The first kappa shape index (κ1) is 28.6. The molecule has 4 aliphatic rings. The van der Waals surface area contributed by atoms with Gasteiger partial charge in [-0.25, -0.2) is 13.1 Å². The molecule has 0 saturated heterocycles. The molecule has 41 heavy (non-hydrogen) atoms. The van der Waals surface area contributed by atoms with Crippen LogP contribution in [0.25, 0.3) is 0 Å². The summed E-state index contributed by atoms with van der Waals surface area (Å²) in [5, 5.41) is 12.0. The lowest BCUT2D eigenvalue weighted by Crippen LogP contribution is -2.54. The van der Waals surface area contributed by atoms with E-state index >= 15 is 0 Å². The van der Waals surface area contributed by atoms with Gasteiger partial charge in [0.15, 0.2) is 0 Å². The molecule has 2 aliphatic carbocycles. The lowest BCUT2D eigenvalue weighted by Gasteiger charge is -2.52. The third-order valence-electron chi connectivity index (χ3n) is 9.81. The van der Waals surface area contributed by atoms with E-state index in [-0.39, 0.29) is 34.0 Å². The number of benzene rings is 2. The first-order valence-electron chi connectivity index (χ1n) is 14.7. The molecule has 1 saturated carbocycles. The molecule has 1 amide bonds. The van der Waals surface area contributed by atoms with Gasteiger partial charge in [-0.3, -0.25) is 4.79 Å². The van der Waals surface area contributed by atoms with Crippen LogP contribution in [0.1, 0.15) is 67.4 Å². The molecule has 2 unspecified atom stereocenters. The average molecular weight is 599 g/mol. The van der Waals surface area contributed by atoms with Gasteiger partial charge in [-0.2, -0.15) is 0 Å². The summed E-state index contributed by atoms with van der Waals surface area (Å²) in [6, 6.07) is 11.4. The molecule has 2 aromatic carbocycles. The van der Waals surface area contributed by atoms with E-state index in [1.54, 1.807) is 25.1 Å². The van der Waals surface area contributed by atoms with Crippen LogP contribution in [0, 0.1) is 17.3 Å². The molecule has 2 aliphatic heterocycles. The maximum absolute atomic E-state index is 13.2. The Morgan fingerprint density at radius 3 is 2.76 bits per heavy atom. The highest BCUT2D eigenvalue weighted by Crippen LogP contribution is 2.52. The second-order valence-corrected chi connectivity index (χ2v) is 15.2. The van der Waals surface area contributed by atoms with Crippen molar-refractivity contribution in [2.75, 3.05) is 30.3 Å². The van der Waals surface area contributed by atoms with Crippen molar-refractivity contribution >= 4 is 33.2 Å². The monoisotopic (exact) mass is 598 g/mol. The van der Waals surface area contributed by atoms with Crippen LogP contribution in [0.5, 0.6) is 5.75 Å². The Kier molecular flexibility index (Phi) is 7.40. The van der Waals surface area contributed by atoms with Gasteiger partial charge in [0.05, 0.1) is 24.2 Å². The van der Waals surface area contributed by atoms with Crippen molar-refractivity contribution in [2.24, 2.45) is 17.3 Å². The second-order valence-electron chi connectivity index (χ2n) is 13.0. The van der Waals surface area contributed by atoms with Gasteiger partial charge in [0.25, 0.3) is 5.91 Å². The summed E-state index contributed by atoms with van der Waals surface area (Å²) in [4.78, 5) is 15.5. The minimum absolute atomic E-state index is 0.117. The van der Waals surface area contributed by atoms with Crippen LogP contribution in [-0.4, -0.2) is 51.0 Å². The number of aliphatic hydroxyl groups is 1. The zero-order valence-corrected chi connectivity index (χ0v) is 25.3. The van der Waals surface area contributed by atoms with Crippen LogP contribution in [0.3, 0.4) is 0 Å². The number of carbonyl (C=O) groups is 1. The molecular weight excluding hydrogens is 560 g/mol. The van der Waals surface area contributed by atoms with Crippen molar-refractivity contribution < 1.29 is 23.1 Å². The van der Waals surface area contributed by atoms with Crippen LogP contribution >= 0.6 is 11.6 Å². The number of fused-ring (bicyclic) bond motifs is 4. The smallest absolute Gasteiger partial charge is 0.264 e. The van der Waals surface area contributed by atoms with Crippen molar-refractivity contribution in [2.45, 2.75) is 63.9 Å². The summed E-state index contributed by atoms with van der Waals surface area (Å²) in [7, 11) is -3.86. The Morgan fingerprint density at radius 2 is 1.98 bits per heavy atom. The number of anilines is 1. The number of ether oxygens (including phenoxy) is 1. The summed E-state index contributed by atoms with van der Waals surface area (Å²) in [6.07, 6.45) is 8.57. The molecule has 5 atom stereocenters. The van der Waals surface area contributed by atoms with E-state index in [4.69, 9.17) is 16.3 Å². The fraction of sp³-hybridized carbons (Fsp3) is 0.531. The molecule has 2 bridgehead atoms. The number of allylic oxidation sites excluding steroid dienone is 1. The highest BCUT2D eigenvalue weighted by Gasteiger charge is 2.49.